The van der Waals surface area contributed by atoms with Gasteiger partial charge in [-0.2, -0.15) is 0 Å². The van der Waals surface area contributed by atoms with E-state index < -0.39 is 15.6 Å². The molecule has 0 amide bonds. The smallest absolute Gasteiger partial charge is 0.209 e. The maximum Gasteiger partial charge on any atom is 0.209 e. The van der Waals surface area contributed by atoms with E-state index in [4.69, 9.17) is 0 Å². The summed E-state index contributed by atoms with van der Waals surface area (Å²) in [4.78, 5) is 4.51. The summed E-state index contributed by atoms with van der Waals surface area (Å²) >= 11 is 0. The van der Waals surface area contributed by atoms with E-state index in [2.05, 4.69) is 20.3 Å². The molecule has 0 atom stereocenters. The number of aliphatic imine (C=N–C) groups is 1. The van der Waals surface area contributed by atoms with Gasteiger partial charge in [0.25, 0.3) is 0 Å². The lowest BCUT2D eigenvalue weighted by atomic mass is 10.0. The summed E-state index contributed by atoms with van der Waals surface area (Å²) in [6.07, 6.45) is 9.17. The fraction of sp³-hybridized carbons (Fsp3) is 0.938. The SMILES string of the molecule is CCNC(=NCC(C)(C)NS(C)(=O)=O)NCCCC1CCCC1. The van der Waals surface area contributed by atoms with Crippen molar-refractivity contribution in [1.82, 2.24) is 15.4 Å². The number of nitrogens with zero attached hydrogens (tertiary/aromatic N) is 1. The molecule has 23 heavy (non-hydrogen) atoms. The van der Waals surface area contributed by atoms with Gasteiger partial charge in [0.05, 0.1) is 12.8 Å². The van der Waals surface area contributed by atoms with E-state index in [1.807, 2.05) is 20.8 Å². The van der Waals surface area contributed by atoms with Crippen molar-refractivity contribution in [3.8, 4) is 0 Å². The van der Waals surface area contributed by atoms with Crippen molar-refractivity contribution in [2.45, 2.75) is 64.8 Å². The van der Waals surface area contributed by atoms with Crippen LogP contribution in [0.15, 0.2) is 4.99 Å². The fourth-order valence-electron chi connectivity index (χ4n) is 3.05. The summed E-state index contributed by atoms with van der Waals surface area (Å²) in [6.45, 7) is 7.77. The van der Waals surface area contributed by atoms with Gasteiger partial charge in [0, 0.05) is 18.6 Å². The van der Waals surface area contributed by atoms with Crippen LogP contribution in [0.4, 0.5) is 0 Å². The van der Waals surface area contributed by atoms with Crippen LogP contribution in [-0.4, -0.2) is 45.8 Å². The van der Waals surface area contributed by atoms with E-state index in [1.54, 1.807) is 0 Å². The molecule has 1 aliphatic carbocycles. The Balaban J connectivity index is 2.39. The Kier molecular flexibility index (Phi) is 8.33. The Bertz CT molecular complexity index is 468. The molecular weight excluding hydrogens is 312 g/mol. The third kappa shape index (κ3) is 9.81. The first kappa shape index (κ1) is 20.2. The van der Waals surface area contributed by atoms with Crippen molar-refractivity contribution < 1.29 is 8.42 Å². The van der Waals surface area contributed by atoms with Crippen LogP contribution >= 0.6 is 0 Å². The first-order chi connectivity index (χ1) is 10.7. The number of hydrogen-bond donors (Lipinski definition) is 3. The number of sulfonamides is 1. The van der Waals surface area contributed by atoms with Gasteiger partial charge in [-0.15, -0.1) is 0 Å². The molecule has 3 N–H and O–H groups in total. The average Bonchev–Trinajstić information content (AvgIpc) is 2.91. The molecule has 0 heterocycles. The Morgan fingerprint density at radius 2 is 1.87 bits per heavy atom. The molecule has 0 spiro atoms. The van der Waals surface area contributed by atoms with Gasteiger partial charge in [0.2, 0.25) is 10.0 Å². The van der Waals surface area contributed by atoms with E-state index >= 15 is 0 Å². The van der Waals surface area contributed by atoms with E-state index in [0.717, 1.165) is 31.4 Å². The van der Waals surface area contributed by atoms with Gasteiger partial charge in [-0.25, -0.2) is 13.1 Å². The molecule has 0 aromatic heterocycles. The van der Waals surface area contributed by atoms with Crippen LogP contribution in [0.1, 0.15) is 59.3 Å². The highest BCUT2D eigenvalue weighted by molar-refractivity contribution is 7.88. The molecule has 136 valence electrons. The van der Waals surface area contributed by atoms with Crippen LogP contribution in [0.25, 0.3) is 0 Å². The lowest BCUT2D eigenvalue weighted by Gasteiger charge is -2.23. The summed E-state index contributed by atoms with van der Waals surface area (Å²) < 4.78 is 25.3. The van der Waals surface area contributed by atoms with Crippen LogP contribution < -0.4 is 15.4 Å². The number of hydrogen-bond acceptors (Lipinski definition) is 3. The third-order valence-corrected chi connectivity index (χ3v) is 4.92. The van der Waals surface area contributed by atoms with E-state index in [1.165, 1.54) is 38.4 Å². The molecule has 0 bridgehead atoms. The minimum absolute atomic E-state index is 0.387. The second-order valence-corrected chi connectivity index (χ2v) is 8.92. The van der Waals surface area contributed by atoms with Crippen molar-refractivity contribution in [2.24, 2.45) is 10.9 Å². The minimum Gasteiger partial charge on any atom is -0.357 e. The zero-order valence-electron chi connectivity index (χ0n) is 15.1. The second kappa shape index (κ2) is 9.47. The molecule has 0 aromatic carbocycles. The van der Waals surface area contributed by atoms with Crippen LogP contribution in [-0.2, 0) is 10.0 Å². The van der Waals surface area contributed by atoms with Gasteiger partial charge >= 0.3 is 0 Å². The maximum atomic E-state index is 11.4. The molecular formula is C16H34N4O2S. The van der Waals surface area contributed by atoms with Crippen LogP contribution in [0, 0.1) is 5.92 Å². The molecule has 1 rings (SSSR count). The number of rotatable bonds is 9. The lowest BCUT2D eigenvalue weighted by Crippen LogP contribution is -2.46. The molecule has 1 fully saturated rings. The van der Waals surface area contributed by atoms with Gasteiger partial charge in [-0.3, -0.25) is 4.99 Å². The largest absolute Gasteiger partial charge is 0.357 e. The molecule has 7 heteroatoms. The van der Waals surface area contributed by atoms with E-state index in [9.17, 15) is 8.42 Å². The Morgan fingerprint density at radius 1 is 1.22 bits per heavy atom. The Hall–Kier alpha value is -0.820. The minimum atomic E-state index is -3.23. The number of nitrogens with one attached hydrogen (secondary N) is 3. The summed E-state index contributed by atoms with van der Waals surface area (Å²) in [6, 6.07) is 0. The highest BCUT2D eigenvalue weighted by Crippen LogP contribution is 2.28. The fourth-order valence-corrected chi connectivity index (χ4v) is 4.12. The molecule has 0 unspecified atom stereocenters. The normalized spacial score (nSPS) is 17.5. The van der Waals surface area contributed by atoms with Gasteiger partial charge in [0.15, 0.2) is 5.96 Å². The third-order valence-electron chi connectivity index (χ3n) is 3.99. The Morgan fingerprint density at radius 3 is 2.43 bits per heavy atom. The molecule has 1 aliphatic rings. The highest BCUT2D eigenvalue weighted by atomic mass is 32.2. The molecule has 0 radical (unpaired) electrons. The van der Waals surface area contributed by atoms with Crippen LogP contribution in [0.3, 0.4) is 0 Å². The maximum absolute atomic E-state index is 11.4. The molecule has 0 aliphatic heterocycles. The first-order valence-corrected chi connectivity index (χ1v) is 10.6. The molecule has 1 saturated carbocycles. The van der Waals surface area contributed by atoms with Crippen molar-refractivity contribution in [1.29, 1.82) is 0 Å². The lowest BCUT2D eigenvalue weighted by molar-refractivity contribution is 0.463. The topological polar surface area (TPSA) is 82.6 Å². The predicted molar refractivity (Wildman–Crippen MR) is 97.2 cm³/mol. The van der Waals surface area contributed by atoms with Gasteiger partial charge in [0.1, 0.15) is 0 Å². The number of guanidine groups is 1. The highest BCUT2D eigenvalue weighted by Gasteiger charge is 2.21. The summed E-state index contributed by atoms with van der Waals surface area (Å²) in [5, 5.41) is 6.55. The predicted octanol–water partition coefficient (Wildman–Crippen LogP) is 1.84. The standard InChI is InChI=1S/C16H34N4O2S/c1-5-17-15(18-12-8-11-14-9-6-7-10-14)19-13-16(2,3)20-23(4,21)22/h14,20H,5-13H2,1-4H3,(H2,17,18,19). The van der Waals surface area contributed by atoms with Crippen LogP contribution in [0.2, 0.25) is 0 Å². The van der Waals surface area contributed by atoms with Crippen molar-refractivity contribution in [2.75, 3.05) is 25.9 Å². The molecule has 6 nitrogen and oxygen atoms in total. The van der Waals surface area contributed by atoms with Crippen molar-refractivity contribution >= 4 is 16.0 Å². The monoisotopic (exact) mass is 346 g/mol. The van der Waals surface area contributed by atoms with Crippen molar-refractivity contribution in [3.63, 3.8) is 0 Å². The summed E-state index contributed by atoms with van der Waals surface area (Å²) in [7, 11) is -3.23. The van der Waals surface area contributed by atoms with Gasteiger partial charge < -0.3 is 10.6 Å². The Labute approximate surface area is 142 Å². The zero-order chi connectivity index (χ0) is 17.3. The average molecular weight is 347 g/mol. The first-order valence-electron chi connectivity index (χ1n) is 8.73. The van der Waals surface area contributed by atoms with Crippen LogP contribution in [0.5, 0.6) is 0 Å². The molecule has 0 aromatic rings. The van der Waals surface area contributed by atoms with E-state index in [0.29, 0.717) is 6.54 Å². The quantitative estimate of drug-likeness (QED) is 0.338. The van der Waals surface area contributed by atoms with E-state index in [-0.39, 0.29) is 0 Å². The molecule has 0 saturated heterocycles. The summed E-state index contributed by atoms with van der Waals surface area (Å²) in [5.41, 5.74) is -0.597. The van der Waals surface area contributed by atoms with Gasteiger partial charge in [-0.1, -0.05) is 25.7 Å². The zero-order valence-corrected chi connectivity index (χ0v) is 15.9. The summed E-state index contributed by atoms with van der Waals surface area (Å²) in [5.74, 6) is 1.66. The van der Waals surface area contributed by atoms with Gasteiger partial charge in [-0.05, 0) is 39.5 Å². The van der Waals surface area contributed by atoms with Crippen molar-refractivity contribution in [3.05, 3.63) is 0 Å². The second-order valence-electron chi connectivity index (χ2n) is 7.17.